The van der Waals surface area contributed by atoms with E-state index in [4.69, 9.17) is 4.74 Å². The Morgan fingerprint density at radius 3 is 2.64 bits per heavy atom. The first-order valence-electron chi connectivity index (χ1n) is 9.62. The zero-order valence-corrected chi connectivity index (χ0v) is 16.7. The number of aryl methyl sites for hydroxylation is 1. The van der Waals surface area contributed by atoms with Gasteiger partial charge in [-0.2, -0.15) is 0 Å². The molecule has 6 nitrogen and oxygen atoms in total. The van der Waals surface area contributed by atoms with Crippen LogP contribution >= 0.6 is 0 Å². The quantitative estimate of drug-likeness (QED) is 0.833. The first kappa shape index (κ1) is 19.9. The van der Waals surface area contributed by atoms with Gasteiger partial charge in [-0.3, -0.25) is 9.59 Å². The van der Waals surface area contributed by atoms with Gasteiger partial charge in [0.15, 0.2) is 6.61 Å². The van der Waals surface area contributed by atoms with Crippen molar-refractivity contribution in [1.82, 2.24) is 5.32 Å². The number of fused-ring (bicyclic) bond motifs is 1. The number of hydrogen-bond donors (Lipinski definition) is 2. The summed E-state index contributed by atoms with van der Waals surface area (Å²) in [5.74, 6) is 0.592. The van der Waals surface area contributed by atoms with Crippen LogP contribution in [0.3, 0.4) is 0 Å². The van der Waals surface area contributed by atoms with Crippen molar-refractivity contribution in [1.29, 1.82) is 0 Å². The zero-order valence-electron chi connectivity index (χ0n) is 16.7. The average Bonchev–Trinajstić information content (AvgIpc) is 2.83. The monoisotopic (exact) mass is 382 g/mol. The van der Waals surface area contributed by atoms with Crippen molar-refractivity contribution in [2.75, 3.05) is 18.1 Å². The van der Waals surface area contributed by atoms with Gasteiger partial charge in [-0.1, -0.05) is 32.0 Å². The summed E-state index contributed by atoms with van der Waals surface area (Å²) in [7, 11) is 0. The third-order valence-corrected chi connectivity index (χ3v) is 4.90. The lowest BCUT2D eigenvalue weighted by Crippen LogP contribution is -2.44. The highest BCUT2D eigenvalue weighted by Crippen LogP contribution is 2.33. The van der Waals surface area contributed by atoms with Gasteiger partial charge in [0.25, 0.3) is 11.8 Å². The Hall–Kier alpha value is -2.86. The molecule has 0 saturated heterocycles. The molecule has 0 radical (unpaired) electrons. The topological polar surface area (TPSA) is 86.3 Å². The van der Waals surface area contributed by atoms with Gasteiger partial charge in [-0.05, 0) is 37.0 Å². The van der Waals surface area contributed by atoms with Crippen LogP contribution in [-0.2, 0) is 9.59 Å². The molecule has 6 heteroatoms. The van der Waals surface area contributed by atoms with E-state index < -0.39 is 6.04 Å². The summed E-state index contributed by atoms with van der Waals surface area (Å²) in [6, 6.07) is 12.4. The summed E-state index contributed by atoms with van der Waals surface area (Å²) in [5, 5.41) is 2.84. The van der Waals surface area contributed by atoms with Crippen LogP contribution < -0.4 is 20.7 Å². The average molecular weight is 382 g/mol. The maximum Gasteiger partial charge on any atom is 0.258 e. The number of carbonyl (C=O) groups is 2. The number of quaternary nitrogens is 1. The third kappa shape index (κ3) is 4.34. The highest BCUT2D eigenvalue weighted by molar-refractivity contribution is 6.00. The summed E-state index contributed by atoms with van der Waals surface area (Å²) >= 11 is 0. The van der Waals surface area contributed by atoms with Crippen LogP contribution in [-0.4, -0.2) is 25.0 Å². The first-order chi connectivity index (χ1) is 13.4. The number of nitrogens with zero attached hydrogens (tertiary/aromatic N) is 1. The van der Waals surface area contributed by atoms with Gasteiger partial charge in [0.05, 0.1) is 0 Å². The van der Waals surface area contributed by atoms with Crippen molar-refractivity contribution in [3.8, 4) is 5.75 Å². The van der Waals surface area contributed by atoms with Crippen LogP contribution in [0, 0.1) is 12.8 Å². The first-order valence-corrected chi connectivity index (χ1v) is 9.62. The number of rotatable bonds is 5. The van der Waals surface area contributed by atoms with E-state index in [0.29, 0.717) is 23.8 Å². The van der Waals surface area contributed by atoms with Crippen LogP contribution in [0.5, 0.6) is 5.75 Å². The molecular formula is C22H28N3O3+. The highest BCUT2D eigenvalue weighted by atomic mass is 16.5. The summed E-state index contributed by atoms with van der Waals surface area (Å²) in [5.41, 5.74) is 7.20. The van der Waals surface area contributed by atoms with E-state index in [1.165, 1.54) is 0 Å². The summed E-state index contributed by atoms with van der Waals surface area (Å²) in [6.07, 6.45) is 0.857. The Balaban J connectivity index is 2.00. The molecule has 0 aliphatic carbocycles. The smallest absolute Gasteiger partial charge is 0.258 e. The number of carbonyl (C=O) groups excluding carboxylic acids is 2. The minimum atomic E-state index is -0.781. The van der Waals surface area contributed by atoms with Gasteiger partial charge in [-0.15, -0.1) is 0 Å². The van der Waals surface area contributed by atoms with Gasteiger partial charge in [0, 0.05) is 29.9 Å². The van der Waals surface area contributed by atoms with Gasteiger partial charge in [0.1, 0.15) is 17.5 Å². The molecule has 1 aliphatic heterocycles. The number of para-hydroxylation sites is 1. The molecular weight excluding hydrogens is 354 g/mol. The van der Waals surface area contributed by atoms with Gasteiger partial charge in [0.2, 0.25) is 0 Å². The van der Waals surface area contributed by atoms with E-state index in [1.54, 1.807) is 4.90 Å². The Kier molecular flexibility index (Phi) is 5.99. The number of nitrogens with one attached hydrogen (secondary N) is 1. The van der Waals surface area contributed by atoms with Crippen molar-refractivity contribution in [3.63, 3.8) is 0 Å². The molecule has 2 aromatic carbocycles. The standard InChI is InChI=1S/C22H27N3O3/c1-14(2)11-12-25(17-9-7-16(23)8-10-17)22(27)20-18-6-4-5-15(3)21(18)28-13-19(26)24-20/h4-10,14,20H,11-13,23H2,1-3H3,(H,24,26)/p+1. The molecule has 0 saturated carbocycles. The van der Waals surface area contributed by atoms with Crippen LogP contribution in [0.1, 0.15) is 37.4 Å². The highest BCUT2D eigenvalue weighted by Gasteiger charge is 2.33. The van der Waals surface area contributed by atoms with Crippen molar-refractivity contribution in [2.24, 2.45) is 5.92 Å². The molecule has 1 unspecified atom stereocenters. The molecule has 28 heavy (non-hydrogen) atoms. The summed E-state index contributed by atoms with van der Waals surface area (Å²) in [4.78, 5) is 27.6. The molecule has 2 amide bonds. The van der Waals surface area contributed by atoms with E-state index in [1.807, 2.05) is 49.4 Å². The fourth-order valence-corrected chi connectivity index (χ4v) is 3.30. The Bertz CT molecular complexity index is 862. The Morgan fingerprint density at radius 2 is 1.96 bits per heavy atom. The second-order valence-corrected chi connectivity index (χ2v) is 7.62. The molecule has 2 aromatic rings. The molecule has 3 rings (SSSR count). The molecule has 0 fully saturated rings. The zero-order chi connectivity index (χ0) is 20.3. The maximum atomic E-state index is 13.6. The summed E-state index contributed by atoms with van der Waals surface area (Å²) in [6.45, 7) is 6.65. The Morgan fingerprint density at radius 1 is 1.25 bits per heavy atom. The van der Waals surface area contributed by atoms with Crippen LogP contribution in [0.2, 0.25) is 0 Å². The van der Waals surface area contributed by atoms with Crippen molar-refractivity contribution in [2.45, 2.75) is 33.2 Å². The van der Waals surface area contributed by atoms with Gasteiger partial charge < -0.3 is 20.7 Å². The minimum absolute atomic E-state index is 0.0934. The molecule has 1 heterocycles. The predicted molar refractivity (Wildman–Crippen MR) is 108 cm³/mol. The molecule has 4 N–H and O–H groups in total. The summed E-state index contributed by atoms with van der Waals surface area (Å²) < 4.78 is 5.68. The Labute approximate surface area is 165 Å². The van der Waals surface area contributed by atoms with Crippen molar-refractivity contribution < 1.29 is 20.1 Å². The second kappa shape index (κ2) is 8.44. The molecule has 1 aliphatic rings. The number of anilines is 1. The van der Waals surface area contributed by atoms with E-state index in [-0.39, 0.29) is 18.4 Å². The molecule has 0 spiro atoms. The molecule has 0 bridgehead atoms. The van der Waals surface area contributed by atoms with Crippen molar-refractivity contribution in [3.05, 3.63) is 53.6 Å². The van der Waals surface area contributed by atoms with Crippen LogP contribution in [0.25, 0.3) is 0 Å². The number of hydrogen-bond acceptors (Lipinski definition) is 3. The normalized spacial score (nSPS) is 16.0. The van der Waals surface area contributed by atoms with Gasteiger partial charge >= 0.3 is 0 Å². The van der Waals surface area contributed by atoms with Crippen LogP contribution in [0.15, 0.2) is 42.5 Å². The molecule has 0 aromatic heterocycles. The van der Waals surface area contributed by atoms with Crippen LogP contribution in [0.4, 0.5) is 11.4 Å². The molecule has 148 valence electrons. The predicted octanol–water partition coefficient (Wildman–Crippen LogP) is 2.50. The van der Waals surface area contributed by atoms with E-state index in [0.717, 1.165) is 23.4 Å². The lowest BCUT2D eigenvalue weighted by molar-refractivity contribution is -0.254. The van der Waals surface area contributed by atoms with E-state index in [2.05, 4.69) is 24.9 Å². The number of ether oxygens (including phenoxy) is 1. The fraction of sp³-hybridized carbons (Fsp3) is 0.364. The second-order valence-electron chi connectivity index (χ2n) is 7.62. The number of benzene rings is 2. The lowest BCUT2D eigenvalue weighted by atomic mass is 10.0. The molecule has 1 atom stereocenters. The maximum absolute atomic E-state index is 13.6. The SMILES string of the molecule is Cc1cccc2c1OCC(=O)NC2C(=O)N(CCC(C)C)c1ccc([NH3+])cc1. The number of amides is 2. The van der Waals surface area contributed by atoms with Gasteiger partial charge in [-0.25, -0.2) is 0 Å². The lowest BCUT2D eigenvalue weighted by Gasteiger charge is -2.28. The fourth-order valence-electron chi connectivity index (χ4n) is 3.30. The minimum Gasteiger partial charge on any atom is -0.483 e. The largest absolute Gasteiger partial charge is 0.483 e. The van der Waals surface area contributed by atoms with E-state index in [9.17, 15) is 9.59 Å². The van der Waals surface area contributed by atoms with E-state index >= 15 is 0 Å². The van der Waals surface area contributed by atoms with Crippen molar-refractivity contribution >= 4 is 23.2 Å². The third-order valence-electron chi connectivity index (χ3n) is 4.90.